The van der Waals surface area contributed by atoms with Gasteiger partial charge >= 0.3 is 5.97 Å². The minimum Gasteiger partial charge on any atom is -0.463 e. The standard InChI is InChI=1S/C14H12ClN3O7/c1-8-4-13(17-25-8)23-7-14(20)24-6-12(19)16-10-3-2-9(15)5-11(10)18(21)22/h2-5H,6-7H2,1H3,(H,16,19). The van der Waals surface area contributed by atoms with Crippen LogP contribution in [0.1, 0.15) is 5.76 Å². The highest BCUT2D eigenvalue weighted by atomic mass is 35.5. The molecule has 0 fully saturated rings. The van der Waals surface area contributed by atoms with Gasteiger partial charge < -0.3 is 19.3 Å². The fourth-order valence-electron chi connectivity index (χ4n) is 1.68. The molecule has 1 N–H and O–H groups in total. The molecule has 0 aliphatic heterocycles. The van der Waals surface area contributed by atoms with E-state index in [-0.39, 0.29) is 22.3 Å². The first kappa shape index (κ1) is 18.2. The lowest BCUT2D eigenvalue weighted by Gasteiger charge is -2.07. The van der Waals surface area contributed by atoms with Crippen molar-refractivity contribution in [3.63, 3.8) is 0 Å². The van der Waals surface area contributed by atoms with Crippen molar-refractivity contribution in [2.24, 2.45) is 0 Å². The molecule has 0 bridgehead atoms. The zero-order chi connectivity index (χ0) is 18.4. The lowest BCUT2D eigenvalue weighted by Crippen LogP contribution is -2.24. The molecule has 132 valence electrons. The normalized spacial score (nSPS) is 10.2. The van der Waals surface area contributed by atoms with Crippen LogP contribution in [0, 0.1) is 17.0 Å². The second-order valence-corrected chi connectivity index (χ2v) is 5.13. The number of benzene rings is 1. The number of rotatable bonds is 7. The summed E-state index contributed by atoms with van der Waals surface area (Å²) < 4.78 is 14.4. The van der Waals surface area contributed by atoms with Gasteiger partial charge in [0.05, 0.1) is 4.92 Å². The Hall–Kier alpha value is -3.14. The minimum absolute atomic E-state index is 0.0650. The van der Waals surface area contributed by atoms with Crippen molar-refractivity contribution in [2.75, 3.05) is 18.5 Å². The summed E-state index contributed by atoms with van der Waals surface area (Å²) in [5, 5.41) is 16.9. The number of halogens is 1. The Labute approximate surface area is 145 Å². The second kappa shape index (κ2) is 8.11. The maximum Gasteiger partial charge on any atom is 0.344 e. The Morgan fingerprint density at radius 2 is 2.12 bits per heavy atom. The van der Waals surface area contributed by atoms with Crippen molar-refractivity contribution in [3.8, 4) is 5.88 Å². The molecule has 0 radical (unpaired) electrons. The topological polar surface area (TPSA) is 134 Å². The number of anilines is 1. The van der Waals surface area contributed by atoms with Gasteiger partial charge in [0, 0.05) is 17.2 Å². The molecule has 0 unspecified atom stereocenters. The van der Waals surface area contributed by atoms with E-state index in [0.717, 1.165) is 6.07 Å². The summed E-state index contributed by atoms with van der Waals surface area (Å²) >= 11 is 5.67. The number of amides is 1. The van der Waals surface area contributed by atoms with Crippen molar-refractivity contribution in [1.82, 2.24) is 5.16 Å². The molecule has 0 atom stereocenters. The number of esters is 1. The average Bonchev–Trinajstić information content (AvgIpc) is 2.98. The molecule has 1 aromatic heterocycles. The van der Waals surface area contributed by atoms with Crippen LogP contribution in [-0.4, -0.2) is 35.2 Å². The van der Waals surface area contributed by atoms with Crippen LogP contribution in [0.15, 0.2) is 28.8 Å². The van der Waals surface area contributed by atoms with Crippen LogP contribution in [-0.2, 0) is 14.3 Å². The van der Waals surface area contributed by atoms with E-state index in [0.29, 0.717) is 5.76 Å². The molecule has 1 amide bonds. The number of ether oxygens (including phenoxy) is 2. The molecule has 0 aliphatic carbocycles. The first-order valence-electron chi connectivity index (χ1n) is 6.80. The number of carbonyl (C=O) groups is 2. The van der Waals surface area contributed by atoms with Gasteiger partial charge in [-0.1, -0.05) is 11.6 Å². The number of nitrogens with one attached hydrogen (secondary N) is 1. The molecule has 0 spiro atoms. The van der Waals surface area contributed by atoms with Crippen molar-refractivity contribution in [1.29, 1.82) is 0 Å². The number of nitro groups is 1. The van der Waals surface area contributed by atoms with Crippen LogP contribution in [0.25, 0.3) is 0 Å². The Morgan fingerprint density at radius 3 is 2.76 bits per heavy atom. The van der Waals surface area contributed by atoms with Crippen molar-refractivity contribution >= 4 is 34.9 Å². The molecule has 10 nitrogen and oxygen atoms in total. The Bertz CT molecular complexity index is 805. The highest BCUT2D eigenvalue weighted by molar-refractivity contribution is 6.31. The SMILES string of the molecule is Cc1cc(OCC(=O)OCC(=O)Nc2ccc(Cl)cc2[N+](=O)[O-])no1. The molecule has 25 heavy (non-hydrogen) atoms. The lowest BCUT2D eigenvalue weighted by atomic mass is 10.2. The van der Waals surface area contributed by atoms with Gasteiger partial charge in [-0.05, 0) is 24.2 Å². The van der Waals surface area contributed by atoms with Gasteiger partial charge in [0.25, 0.3) is 17.5 Å². The van der Waals surface area contributed by atoms with Crippen LogP contribution in [0.2, 0.25) is 5.02 Å². The first-order valence-corrected chi connectivity index (χ1v) is 7.18. The zero-order valence-corrected chi connectivity index (χ0v) is 13.6. The molecule has 0 saturated heterocycles. The van der Waals surface area contributed by atoms with Crippen LogP contribution in [0.3, 0.4) is 0 Å². The second-order valence-electron chi connectivity index (χ2n) is 4.69. The summed E-state index contributed by atoms with van der Waals surface area (Å²) in [5.74, 6) is -0.958. The highest BCUT2D eigenvalue weighted by Gasteiger charge is 2.17. The summed E-state index contributed by atoms with van der Waals surface area (Å²) in [6.45, 7) is 0.540. The predicted molar refractivity (Wildman–Crippen MR) is 84.4 cm³/mol. The van der Waals surface area contributed by atoms with Gasteiger partial charge in [-0.25, -0.2) is 4.79 Å². The number of nitro benzene ring substituents is 1. The molecule has 11 heteroatoms. The Balaban J connectivity index is 1.82. The van der Waals surface area contributed by atoms with E-state index in [9.17, 15) is 19.7 Å². The van der Waals surface area contributed by atoms with E-state index in [4.69, 9.17) is 25.6 Å². The molecule has 2 rings (SSSR count). The molecule has 0 aliphatic rings. The number of carbonyl (C=O) groups excluding carboxylic acids is 2. The summed E-state index contributed by atoms with van der Waals surface area (Å²) in [5.41, 5.74) is -0.443. The van der Waals surface area contributed by atoms with Crippen LogP contribution in [0.4, 0.5) is 11.4 Å². The summed E-state index contributed by atoms with van der Waals surface area (Å²) in [4.78, 5) is 33.5. The lowest BCUT2D eigenvalue weighted by molar-refractivity contribution is -0.383. The van der Waals surface area contributed by atoms with E-state index in [2.05, 4.69) is 10.5 Å². The van der Waals surface area contributed by atoms with E-state index in [1.807, 2.05) is 0 Å². The van der Waals surface area contributed by atoms with Crippen LogP contribution >= 0.6 is 11.6 Å². The number of hydrogen-bond acceptors (Lipinski definition) is 8. The van der Waals surface area contributed by atoms with Gasteiger partial charge in [0.15, 0.2) is 13.2 Å². The number of aromatic nitrogens is 1. The van der Waals surface area contributed by atoms with Gasteiger partial charge in [0.2, 0.25) is 0 Å². The van der Waals surface area contributed by atoms with Crippen molar-refractivity contribution in [3.05, 3.63) is 45.2 Å². The first-order chi connectivity index (χ1) is 11.8. The summed E-state index contributed by atoms with van der Waals surface area (Å²) in [6, 6.07) is 5.22. The van der Waals surface area contributed by atoms with E-state index < -0.39 is 30.0 Å². The third-order valence-electron chi connectivity index (χ3n) is 2.74. The molecular weight excluding hydrogens is 358 g/mol. The maximum atomic E-state index is 11.7. The van der Waals surface area contributed by atoms with E-state index in [1.54, 1.807) is 6.92 Å². The third-order valence-corrected chi connectivity index (χ3v) is 2.97. The Kier molecular flexibility index (Phi) is 5.90. The molecule has 2 aromatic rings. The number of hydrogen-bond donors (Lipinski definition) is 1. The summed E-state index contributed by atoms with van der Waals surface area (Å²) in [7, 11) is 0. The highest BCUT2D eigenvalue weighted by Crippen LogP contribution is 2.27. The van der Waals surface area contributed by atoms with Crippen LogP contribution in [0.5, 0.6) is 5.88 Å². The van der Waals surface area contributed by atoms with Gasteiger partial charge in [-0.3, -0.25) is 14.9 Å². The van der Waals surface area contributed by atoms with Crippen LogP contribution < -0.4 is 10.1 Å². The summed E-state index contributed by atoms with van der Waals surface area (Å²) in [6.07, 6.45) is 0. The van der Waals surface area contributed by atoms with Crippen molar-refractivity contribution in [2.45, 2.75) is 6.92 Å². The van der Waals surface area contributed by atoms with Crippen molar-refractivity contribution < 1.29 is 28.5 Å². The fraction of sp³-hybridized carbons (Fsp3) is 0.214. The monoisotopic (exact) mass is 369 g/mol. The molecular formula is C14H12ClN3O7. The molecule has 1 aromatic carbocycles. The molecule has 0 saturated carbocycles. The minimum atomic E-state index is -0.818. The van der Waals surface area contributed by atoms with Gasteiger partial charge in [0.1, 0.15) is 11.4 Å². The van der Waals surface area contributed by atoms with Gasteiger partial charge in [-0.15, -0.1) is 0 Å². The van der Waals surface area contributed by atoms with E-state index in [1.165, 1.54) is 18.2 Å². The Morgan fingerprint density at radius 1 is 1.36 bits per heavy atom. The zero-order valence-electron chi connectivity index (χ0n) is 12.9. The predicted octanol–water partition coefficient (Wildman–Crippen LogP) is 2.11. The third kappa shape index (κ3) is 5.46. The molecule has 1 heterocycles. The number of nitrogens with zero attached hydrogens (tertiary/aromatic N) is 2. The van der Waals surface area contributed by atoms with E-state index >= 15 is 0 Å². The van der Waals surface area contributed by atoms with Gasteiger partial charge in [-0.2, -0.15) is 0 Å². The maximum absolute atomic E-state index is 11.7. The quantitative estimate of drug-likeness (QED) is 0.445. The largest absolute Gasteiger partial charge is 0.463 e. The smallest absolute Gasteiger partial charge is 0.344 e. The number of aryl methyl sites for hydroxylation is 1. The average molecular weight is 370 g/mol. The fourth-order valence-corrected chi connectivity index (χ4v) is 1.85.